The second-order valence-corrected chi connectivity index (χ2v) is 10.3. The number of hydrogen-bond acceptors (Lipinski definition) is 4. The molecule has 3 saturated heterocycles. The van der Waals surface area contributed by atoms with Gasteiger partial charge in [-0.25, -0.2) is 13.6 Å². The Kier molecular flexibility index (Phi) is 7.07. The van der Waals surface area contributed by atoms with Crippen molar-refractivity contribution in [3.05, 3.63) is 102 Å². The van der Waals surface area contributed by atoms with Crippen LogP contribution in [0.25, 0.3) is 0 Å². The van der Waals surface area contributed by atoms with Gasteiger partial charge in [0.05, 0.1) is 12.6 Å². The number of benzene rings is 3. The molecule has 5 unspecified atom stereocenters. The van der Waals surface area contributed by atoms with Gasteiger partial charge in [0.15, 0.2) is 12.1 Å². The minimum Gasteiger partial charge on any atom is -0.454 e. The Bertz CT molecular complexity index is 1250. The molecule has 0 aromatic heterocycles. The number of esters is 1. The summed E-state index contributed by atoms with van der Waals surface area (Å²) >= 11 is 0. The lowest BCUT2D eigenvalue weighted by atomic mass is 9.78. The number of fused-ring (bicyclic) bond motifs is 3. The summed E-state index contributed by atoms with van der Waals surface area (Å²) in [5.41, 5.74) is 1.80. The van der Waals surface area contributed by atoms with Gasteiger partial charge < -0.3 is 14.5 Å². The van der Waals surface area contributed by atoms with Gasteiger partial charge in [0.25, 0.3) is 0 Å². The standard InChI is InChI=1S/C30H31F2N2O3/c1-20-17-23-15-16-34(20,18-27(35)21-5-3-2-4-6-21)19-28(23)37-30(36)29(22-7-9-24(31)10-8-22)33-26-13-11-25(32)12-14-26/h2-14,20,23,28-29,33H,15-19H2,1H3/q+1. The van der Waals surface area contributed by atoms with Gasteiger partial charge in [-0.2, -0.15) is 0 Å². The lowest BCUT2D eigenvalue weighted by Crippen LogP contribution is -2.69. The molecule has 5 nitrogen and oxygen atoms in total. The molecule has 3 aliphatic rings. The zero-order valence-corrected chi connectivity index (χ0v) is 20.8. The van der Waals surface area contributed by atoms with E-state index in [2.05, 4.69) is 12.2 Å². The number of ether oxygens (including phenoxy) is 1. The molecule has 3 fully saturated rings. The van der Waals surface area contributed by atoms with Crippen molar-refractivity contribution in [3.63, 3.8) is 0 Å². The van der Waals surface area contributed by atoms with Crippen LogP contribution in [0.15, 0.2) is 78.9 Å². The number of hydrogen-bond donors (Lipinski definition) is 1. The molecule has 7 heteroatoms. The number of carbonyl (C=O) groups is 2. The highest BCUT2D eigenvalue weighted by molar-refractivity contribution is 5.97. The average Bonchev–Trinajstić information content (AvgIpc) is 2.90. The quantitative estimate of drug-likeness (QED) is 0.248. The van der Waals surface area contributed by atoms with Crippen LogP contribution >= 0.6 is 0 Å². The summed E-state index contributed by atoms with van der Waals surface area (Å²) in [6.45, 7) is 4.03. The van der Waals surface area contributed by atoms with E-state index in [1.165, 1.54) is 24.3 Å². The summed E-state index contributed by atoms with van der Waals surface area (Å²) in [5.74, 6) is -0.939. The third-order valence-electron chi connectivity index (χ3n) is 8.01. The van der Waals surface area contributed by atoms with Crippen molar-refractivity contribution in [1.29, 1.82) is 0 Å². The predicted molar refractivity (Wildman–Crippen MR) is 137 cm³/mol. The molecule has 37 heavy (non-hydrogen) atoms. The van der Waals surface area contributed by atoms with Gasteiger partial charge in [-0.3, -0.25) is 4.79 Å². The van der Waals surface area contributed by atoms with E-state index in [0.29, 0.717) is 40.4 Å². The van der Waals surface area contributed by atoms with E-state index in [1.807, 2.05) is 30.3 Å². The number of piperidine rings is 3. The van der Waals surface area contributed by atoms with Crippen LogP contribution in [0.2, 0.25) is 0 Å². The third-order valence-corrected chi connectivity index (χ3v) is 8.01. The van der Waals surface area contributed by atoms with Gasteiger partial charge in [-0.1, -0.05) is 42.5 Å². The fourth-order valence-electron chi connectivity index (χ4n) is 5.84. The van der Waals surface area contributed by atoms with Crippen LogP contribution in [0.5, 0.6) is 0 Å². The number of quaternary nitrogens is 1. The number of Topliss-reactive ketones (excluding diaryl/α,β-unsaturated/α-hetero) is 1. The highest BCUT2D eigenvalue weighted by Gasteiger charge is 2.52. The third kappa shape index (κ3) is 5.42. The van der Waals surface area contributed by atoms with Crippen molar-refractivity contribution in [2.75, 3.05) is 25.0 Å². The molecule has 0 saturated carbocycles. The molecule has 0 aliphatic carbocycles. The smallest absolute Gasteiger partial charge is 0.333 e. The minimum atomic E-state index is -0.890. The number of rotatable bonds is 8. The molecular formula is C30H31F2N2O3+. The zero-order chi connectivity index (χ0) is 26.0. The molecule has 0 amide bonds. The topological polar surface area (TPSA) is 55.4 Å². The molecule has 3 heterocycles. The Labute approximate surface area is 215 Å². The molecule has 0 spiro atoms. The van der Waals surface area contributed by atoms with E-state index >= 15 is 0 Å². The van der Waals surface area contributed by atoms with Crippen molar-refractivity contribution in [1.82, 2.24) is 0 Å². The Morgan fingerprint density at radius 3 is 2.27 bits per heavy atom. The van der Waals surface area contributed by atoms with Gasteiger partial charge in [-0.05, 0) is 48.9 Å². The van der Waals surface area contributed by atoms with Gasteiger partial charge >= 0.3 is 5.97 Å². The van der Waals surface area contributed by atoms with Crippen LogP contribution in [0.3, 0.4) is 0 Å². The molecule has 192 valence electrons. The summed E-state index contributed by atoms with van der Waals surface area (Å²) in [5, 5.41) is 3.12. The molecule has 3 aliphatic heterocycles. The summed E-state index contributed by atoms with van der Waals surface area (Å²) in [4.78, 5) is 26.7. The number of carbonyl (C=O) groups excluding carboxylic acids is 2. The van der Waals surface area contributed by atoms with Crippen LogP contribution in [0.1, 0.15) is 41.7 Å². The first-order valence-corrected chi connectivity index (χ1v) is 12.7. The van der Waals surface area contributed by atoms with Crippen molar-refractivity contribution in [3.8, 4) is 0 Å². The van der Waals surface area contributed by atoms with Crippen LogP contribution < -0.4 is 5.32 Å². The Balaban J connectivity index is 1.35. The molecule has 5 atom stereocenters. The first kappa shape index (κ1) is 25.1. The van der Waals surface area contributed by atoms with Crippen LogP contribution in [-0.4, -0.2) is 48.0 Å². The van der Waals surface area contributed by atoms with E-state index in [4.69, 9.17) is 4.74 Å². The summed E-state index contributed by atoms with van der Waals surface area (Å²) in [6.07, 6.45) is 1.45. The van der Waals surface area contributed by atoms with Crippen molar-refractivity contribution >= 4 is 17.4 Å². The molecule has 0 radical (unpaired) electrons. The molecular weight excluding hydrogens is 474 g/mol. The maximum Gasteiger partial charge on any atom is 0.333 e. The average molecular weight is 506 g/mol. The van der Waals surface area contributed by atoms with Gasteiger partial charge in [0.2, 0.25) is 5.78 Å². The Morgan fingerprint density at radius 2 is 1.62 bits per heavy atom. The first-order valence-electron chi connectivity index (χ1n) is 12.7. The van der Waals surface area contributed by atoms with E-state index in [-0.39, 0.29) is 23.6 Å². The van der Waals surface area contributed by atoms with E-state index < -0.39 is 17.8 Å². The van der Waals surface area contributed by atoms with Crippen molar-refractivity contribution < 1.29 is 27.6 Å². The highest BCUT2D eigenvalue weighted by Crippen LogP contribution is 2.40. The fourth-order valence-corrected chi connectivity index (χ4v) is 5.84. The van der Waals surface area contributed by atoms with Crippen LogP contribution in [0.4, 0.5) is 14.5 Å². The maximum absolute atomic E-state index is 13.6. The molecule has 6 rings (SSSR count). The minimum absolute atomic E-state index is 0.0973. The SMILES string of the molecule is CC1CC2CC[N+]1(CC(=O)c1ccccc1)CC2OC(=O)C(Nc1ccc(F)cc1)c1ccc(F)cc1. The van der Waals surface area contributed by atoms with Crippen molar-refractivity contribution in [2.45, 2.75) is 38.0 Å². The number of ketones is 1. The summed E-state index contributed by atoms with van der Waals surface area (Å²) in [6, 6.07) is 20.1. The number of nitrogens with one attached hydrogen (secondary N) is 1. The largest absolute Gasteiger partial charge is 0.454 e. The number of halogens is 2. The van der Waals surface area contributed by atoms with Crippen LogP contribution in [0, 0.1) is 17.6 Å². The normalized spacial score (nSPS) is 25.3. The second kappa shape index (κ2) is 10.4. The zero-order valence-electron chi connectivity index (χ0n) is 20.8. The van der Waals surface area contributed by atoms with Crippen molar-refractivity contribution in [2.24, 2.45) is 5.92 Å². The number of nitrogens with zero attached hydrogens (tertiary/aromatic N) is 1. The van der Waals surface area contributed by atoms with E-state index in [1.54, 1.807) is 24.3 Å². The lowest BCUT2D eigenvalue weighted by molar-refractivity contribution is -0.960. The fraction of sp³-hybridized carbons (Fsp3) is 0.333. The highest BCUT2D eigenvalue weighted by atomic mass is 19.1. The molecule has 3 aromatic carbocycles. The Hall–Kier alpha value is -3.58. The first-order chi connectivity index (χ1) is 17.8. The monoisotopic (exact) mass is 505 g/mol. The molecule has 1 N–H and O–H groups in total. The molecule has 2 bridgehead atoms. The van der Waals surface area contributed by atoms with E-state index in [0.717, 1.165) is 19.4 Å². The van der Waals surface area contributed by atoms with Crippen LogP contribution in [-0.2, 0) is 9.53 Å². The number of anilines is 1. The summed E-state index contributed by atoms with van der Waals surface area (Å²) < 4.78 is 33.8. The molecule has 3 aromatic rings. The second-order valence-electron chi connectivity index (χ2n) is 10.3. The van der Waals surface area contributed by atoms with Gasteiger partial charge in [0, 0.05) is 30.0 Å². The maximum atomic E-state index is 13.6. The van der Waals surface area contributed by atoms with Gasteiger partial charge in [0.1, 0.15) is 24.7 Å². The summed E-state index contributed by atoms with van der Waals surface area (Å²) in [7, 11) is 0. The van der Waals surface area contributed by atoms with Gasteiger partial charge in [-0.15, -0.1) is 0 Å². The van der Waals surface area contributed by atoms with E-state index in [9.17, 15) is 18.4 Å². The lowest BCUT2D eigenvalue weighted by Gasteiger charge is -2.55. The predicted octanol–water partition coefficient (Wildman–Crippen LogP) is 5.54. The Morgan fingerprint density at radius 1 is 0.973 bits per heavy atom.